The van der Waals surface area contributed by atoms with Crippen molar-refractivity contribution >= 4 is 34.8 Å². The predicted molar refractivity (Wildman–Crippen MR) is 93.7 cm³/mol. The first-order valence-electron chi connectivity index (χ1n) is 7.07. The predicted octanol–water partition coefficient (Wildman–Crippen LogP) is 4.10. The Bertz CT molecular complexity index is 600. The summed E-state index contributed by atoms with van der Waals surface area (Å²) >= 11 is 3.22. The Balaban J connectivity index is 1.89. The molecule has 1 aromatic heterocycles. The number of aliphatic hydroxyl groups excluding tert-OH is 1. The summed E-state index contributed by atoms with van der Waals surface area (Å²) in [4.78, 5) is 13.0. The minimum atomic E-state index is -0.683. The Morgan fingerprint density at radius 2 is 2.09 bits per heavy atom. The van der Waals surface area contributed by atoms with Crippen molar-refractivity contribution in [3.05, 3.63) is 46.7 Å². The van der Waals surface area contributed by atoms with Gasteiger partial charge < -0.3 is 15.7 Å². The third-order valence-electron chi connectivity index (χ3n) is 2.88. The van der Waals surface area contributed by atoms with E-state index in [1.165, 1.54) is 11.3 Å². The molecule has 4 nitrogen and oxygen atoms in total. The lowest BCUT2D eigenvalue weighted by atomic mass is 10.2. The smallest absolute Gasteiger partial charge is 0.319 e. The van der Waals surface area contributed by atoms with Crippen LogP contribution < -0.4 is 10.6 Å². The minimum absolute atomic E-state index is 0.183. The van der Waals surface area contributed by atoms with Crippen LogP contribution >= 0.6 is 23.1 Å². The van der Waals surface area contributed by atoms with Gasteiger partial charge in [-0.1, -0.05) is 26.0 Å². The average Bonchev–Trinajstić information content (AvgIpc) is 3.00. The van der Waals surface area contributed by atoms with Gasteiger partial charge in [0, 0.05) is 16.7 Å². The molecule has 1 aromatic carbocycles. The lowest BCUT2D eigenvalue weighted by Gasteiger charge is -2.14. The van der Waals surface area contributed by atoms with Crippen molar-refractivity contribution in [2.75, 3.05) is 11.9 Å². The van der Waals surface area contributed by atoms with Gasteiger partial charge in [0.2, 0.25) is 0 Å². The van der Waals surface area contributed by atoms with E-state index in [1.54, 1.807) is 11.8 Å². The molecular weight excluding hydrogens is 316 g/mol. The Labute approximate surface area is 138 Å². The first-order chi connectivity index (χ1) is 10.6. The molecule has 0 aliphatic carbocycles. The number of para-hydroxylation sites is 1. The minimum Gasteiger partial charge on any atom is -0.387 e. The molecule has 0 saturated heterocycles. The number of hydrogen-bond donors (Lipinski definition) is 3. The number of thiophene rings is 1. The monoisotopic (exact) mass is 336 g/mol. The lowest BCUT2D eigenvalue weighted by molar-refractivity contribution is 0.175. The van der Waals surface area contributed by atoms with Crippen LogP contribution in [0, 0.1) is 0 Å². The molecule has 0 radical (unpaired) electrons. The lowest BCUT2D eigenvalue weighted by Crippen LogP contribution is -2.32. The SMILES string of the molecule is CC(C)Sc1ccccc1NC(=O)NCC(O)c1ccsc1. The van der Waals surface area contributed by atoms with E-state index < -0.39 is 6.10 Å². The zero-order chi connectivity index (χ0) is 15.9. The topological polar surface area (TPSA) is 61.4 Å². The van der Waals surface area contributed by atoms with E-state index in [1.807, 2.05) is 41.1 Å². The Morgan fingerprint density at radius 3 is 2.77 bits per heavy atom. The molecular formula is C16H20N2O2S2. The number of urea groups is 1. The maximum atomic E-state index is 12.0. The number of carbonyl (C=O) groups is 1. The van der Waals surface area contributed by atoms with E-state index in [2.05, 4.69) is 24.5 Å². The van der Waals surface area contributed by atoms with E-state index in [4.69, 9.17) is 0 Å². The van der Waals surface area contributed by atoms with Crippen LogP contribution in [0.4, 0.5) is 10.5 Å². The average molecular weight is 336 g/mol. The van der Waals surface area contributed by atoms with Gasteiger partial charge in [-0.25, -0.2) is 4.79 Å². The number of nitrogens with one attached hydrogen (secondary N) is 2. The number of rotatable bonds is 6. The molecule has 3 N–H and O–H groups in total. The van der Waals surface area contributed by atoms with Crippen molar-refractivity contribution in [2.45, 2.75) is 30.1 Å². The number of benzene rings is 1. The Morgan fingerprint density at radius 1 is 1.32 bits per heavy atom. The third kappa shape index (κ3) is 5.05. The van der Waals surface area contributed by atoms with Crippen molar-refractivity contribution in [2.24, 2.45) is 0 Å². The van der Waals surface area contributed by atoms with Gasteiger partial charge in [-0.15, -0.1) is 11.8 Å². The molecule has 0 aliphatic rings. The molecule has 2 aromatic rings. The van der Waals surface area contributed by atoms with Crippen molar-refractivity contribution in [3.8, 4) is 0 Å². The number of aliphatic hydroxyl groups is 1. The van der Waals surface area contributed by atoms with Crippen LogP contribution in [-0.2, 0) is 0 Å². The van der Waals surface area contributed by atoms with Crippen LogP contribution in [-0.4, -0.2) is 22.9 Å². The van der Waals surface area contributed by atoms with E-state index in [9.17, 15) is 9.90 Å². The second kappa shape index (κ2) is 8.22. The van der Waals surface area contributed by atoms with Crippen LogP contribution in [0.3, 0.4) is 0 Å². The molecule has 0 bridgehead atoms. The van der Waals surface area contributed by atoms with Gasteiger partial charge in [0.05, 0.1) is 11.8 Å². The molecule has 1 unspecified atom stereocenters. The summed E-state index contributed by atoms with van der Waals surface area (Å²) in [6.45, 7) is 4.40. The van der Waals surface area contributed by atoms with Crippen LogP contribution in [0.2, 0.25) is 0 Å². The van der Waals surface area contributed by atoms with Gasteiger partial charge in [0.1, 0.15) is 0 Å². The maximum absolute atomic E-state index is 12.0. The quantitative estimate of drug-likeness (QED) is 0.696. The van der Waals surface area contributed by atoms with E-state index in [0.717, 1.165) is 16.1 Å². The van der Waals surface area contributed by atoms with Crippen molar-refractivity contribution in [1.29, 1.82) is 0 Å². The van der Waals surface area contributed by atoms with Gasteiger partial charge in [-0.3, -0.25) is 0 Å². The van der Waals surface area contributed by atoms with Gasteiger partial charge in [-0.05, 0) is 34.5 Å². The summed E-state index contributed by atoms with van der Waals surface area (Å²) in [6.07, 6.45) is -0.683. The highest BCUT2D eigenvalue weighted by Gasteiger charge is 2.11. The fourth-order valence-electron chi connectivity index (χ4n) is 1.86. The number of amides is 2. The highest BCUT2D eigenvalue weighted by molar-refractivity contribution is 8.00. The molecule has 118 valence electrons. The molecule has 2 rings (SSSR count). The molecule has 0 aliphatic heterocycles. The molecule has 0 spiro atoms. The second-order valence-corrected chi connectivity index (χ2v) is 7.47. The van der Waals surface area contributed by atoms with Gasteiger partial charge >= 0.3 is 6.03 Å². The third-order valence-corrected chi connectivity index (χ3v) is 4.66. The standard InChI is InChI=1S/C16H20N2O2S2/c1-11(2)22-15-6-4-3-5-13(15)18-16(20)17-9-14(19)12-7-8-21-10-12/h3-8,10-11,14,19H,9H2,1-2H3,(H2,17,18,20). The Hall–Kier alpha value is -1.50. The second-order valence-electron chi connectivity index (χ2n) is 5.07. The van der Waals surface area contributed by atoms with Crippen molar-refractivity contribution < 1.29 is 9.90 Å². The zero-order valence-electron chi connectivity index (χ0n) is 12.6. The molecule has 0 fully saturated rings. The number of anilines is 1. The largest absolute Gasteiger partial charge is 0.387 e. The summed E-state index contributed by atoms with van der Waals surface area (Å²) in [5, 5.41) is 19.7. The molecule has 0 saturated carbocycles. The number of hydrogen-bond acceptors (Lipinski definition) is 4. The Kier molecular flexibility index (Phi) is 6.30. The van der Waals surface area contributed by atoms with Crippen LogP contribution in [0.15, 0.2) is 46.0 Å². The first-order valence-corrected chi connectivity index (χ1v) is 8.89. The normalized spacial score (nSPS) is 12.2. The summed E-state index contributed by atoms with van der Waals surface area (Å²) in [6, 6.07) is 9.24. The highest BCUT2D eigenvalue weighted by Crippen LogP contribution is 2.30. The molecule has 22 heavy (non-hydrogen) atoms. The number of thioether (sulfide) groups is 1. The molecule has 6 heteroatoms. The van der Waals surface area contributed by atoms with E-state index >= 15 is 0 Å². The van der Waals surface area contributed by atoms with E-state index in [0.29, 0.717) is 5.25 Å². The summed E-state index contributed by atoms with van der Waals surface area (Å²) in [7, 11) is 0. The van der Waals surface area contributed by atoms with Crippen molar-refractivity contribution in [1.82, 2.24) is 5.32 Å². The van der Waals surface area contributed by atoms with Gasteiger partial charge in [-0.2, -0.15) is 11.3 Å². The zero-order valence-corrected chi connectivity index (χ0v) is 14.2. The highest BCUT2D eigenvalue weighted by atomic mass is 32.2. The summed E-state index contributed by atoms with van der Waals surface area (Å²) < 4.78 is 0. The fourth-order valence-corrected chi connectivity index (χ4v) is 3.48. The van der Waals surface area contributed by atoms with Crippen LogP contribution in [0.5, 0.6) is 0 Å². The maximum Gasteiger partial charge on any atom is 0.319 e. The van der Waals surface area contributed by atoms with Gasteiger partial charge in [0.25, 0.3) is 0 Å². The summed E-state index contributed by atoms with van der Waals surface area (Å²) in [5.41, 5.74) is 1.60. The molecule has 1 atom stereocenters. The summed E-state index contributed by atoms with van der Waals surface area (Å²) in [5.74, 6) is 0. The molecule has 1 heterocycles. The van der Waals surface area contributed by atoms with Gasteiger partial charge in [0.15, 0.2) is 0 Å². The number of carbonyl (C=O) groups excluding carboxylic acids is 1. The van der Waals surface area contributed by atoms with Crippen LogP contribution in [0.25, 0.3) is 0 Å². The van der Waals surface area contributed by atoms with E-state index in [-0.39, 0.29) is 12.6 Å². The fraction of sp³-hybridized carbons (Fsp3) is 0.312. The van der Waals surface area contributed by atoms with Crippen LogP contribution in [0.1, 0.15) is 25.5 Å². The van der Waals surface area contributed by atoms with Crippen molar-refractivity contribution in [3.63, 3.8) is 0 Å². The molecule has 2 amide bonds. The first kappa shape index (κ1) is 16.9.